The Kier molecular flexibility index (Phi) is 6.95. The fraction of sp³-hybridized carbons (Fsp3) is 0.375. The molecule has 4 rings (SSSR count). The van der Waals surface area contributed by atoms with Crippen molar-refractivity contribution >= 4 is 38.3 Å². The molecule has 1 amide bonds. The topological polar surface area (TPSA) is 88.7 Å². The highest BCUT2D eigenvalue weighted by atomic mass is 32.2. The van der Waals surface area contributed by atoms with Crippen LogP contribution in [0, 0.1) is 12.5 Å². The van der Waals surface area contributed by atoms with Gasteiger partial charge in [-0.05, 0) is 30.5 Å². The molecule has 1 N–H and O–H groups in total. The lowest BCUT2D eigenvalue weighted by Crippen LogP contribution is -2.32. The standard InChI is InChI=1S/C24H24F3N5O3S/c1-3-16-14-31(21(33)9-11-24(25,26)27)15-20(16)30-22-18-10-12-32(23(18)29-13-19(22)28-2)36(34,35)17-7-5-4-6-8-17/h4-8,10,12-13,16,20H,3,9,11,14-15H2,1H3,(H,29,30)/t16-,20+/m1/s1. The molecule has 2 aromatic heterocycles. The Morgan fingerprint density at radius 1 is 1.22 bits per heavy atom. The van der Waals surface area contributed by atoms with E-state index >= 15 is 0 Å². The number of nitrogens with zero attached hydrogens (tertiary/aromatic N) is 4. The number of anilines is 1. The monoisotopic (exact) mass is 519 g/mol. The third-order valence-electron chi connectivity index (χ3n) is 6.35. The molecule has 0 radical (unpaired) electrons. The van der Waals surface area contributed by atoms with Gasteiger partial charge in [-0.1, -0.05) is 25.1 Å². The third kappa shape index (κ3) is 5.02. The summed E-state index contributed by atoms with van der Waals surface area (Å²) in [5.41, 5.74) is 0.692. The van der Waals surface area contributed by atoms with Gasteiger partial charge in [0, 0.05) is 43.3 Å². The van der Waals surface area contributed by atoms with E-state index in [1.807, 2.05) is 6.92 Å². The summed E-state index contributed by atoms with van der Waals surface area (Å²) in [6, 6.07) is 9.11. The van der Waals surface area contributed by atoms with Gasteiger partial charge in [-0.25, -0.2) is 22.2 Å². The Labute approximate surface area is 206 Å². The summed E-state index contributed by atoms with van der Waals surface area (Å²) in [6.45, 7) is 9.97. The molecule has 1 saturated heterocycles. The lowest BCUT2D eigenvalue weighted by atomic mass is 10.0. The first-order valence-electron chi connectivity index (χ1n) is 11.3. The van der Waals surface area contributed by atoms with Gasteiger partial charge in [-0.3, -0.25) is 4.79 Å². The number of aromatic nitrogens is 2. The maximum absolute atomic E-state index is 13.2. The molecule has 1 aliphatic rings. The molecule has 1 fully saturated rings. The molecular weight excluding hydrogens is 495 g/mol. The maximum atomic E-state index is 13.2. The predicted molar refractivity (Wildman–Crippen MR) is 128 cm³/mol. The number of hydrogen-bond donors (Lipinski definition) is 1. The van der Waals surface area contributed by atoms with E-state index in [1.165, 1.54) is 29.4 Å². The highest BCUT2D eigenvalue weighted by Crippen LogP contribution is 2.36. The van der Waals surface area contributed by atoms with Crippen molar-refractivity contribution in [3.63, 3.8) is 0 Å². The summed E-state index contributed by atoms with van der Waals surface area (Å²) >= 11 is 0. The number of carbonyl (C=O) groups excluding carboxylic acids is 1. The Hall–Kier alpha value is -3.59. The summed E-state index contributed by atoms with van der Waals surface area (Å²) in [5, 5.41) is 3.70. The number of benzene rings is 1. The Morgan fingerprint density at radius 3 is 2.58 bits per heavy atom. The molecular formula is C24H24F3N5O3S. The number of fused-ring (bicyclic) bond motifs is 1. The highest BCUT2D eigenvalue weighted by Gasteiger charge is 2.36. The fourth-order valence-electron chi connectivity index (χ4n) is 4.43. The summed E-state index contributed by atoms with van der Waals surface area (Å²) in [6.07, 6.45) is -2.87. The van der Waals surface area contributed by atoms with Gasteiger partial charge in [0.05, 0.1) is 23.6 Å². The van der Waals surface area contributed by atoms with Crippen molar-refractivity contribution in [2.24, 2.45) is 5.92 Å². The van der Waals surface area contributed by atoms with E-state index in [-0.39, 0.29) is 34.7 Å². The van der Waals surface area contributed by atoms with Crippen molar-refractivity contribution in [1.82, 2.24) is 13.9 Å². The summed E-state index contributed by atoms with van der Waals surface area (Å²) in [4.78, 5) is 21.6. The minimum absolute atomic E-state index is 0.0585. The van der Waals surface area contributed by atoms with Crippen molar-refractivity contribution in [3.8, 4) is 0 Å². The average molecular weight is 520 g/mol. The Morgan fingerprint density at radius 2 is 1.94 bits per heavy atom. The van der Waals surface area contributed by atoms with Crippen molar-refractivity contribution in [2.45, 2.75) is 43.3 Å². The highest BCUT2D eigenvalue weighted by molar-refractivity contribution is 7.90. The number of amides is 1. The molecule has 2 atom stereocenters. The number of carbonyl (C=O) groups is 1. The molecule has 0 unspecified atom stereocenters. The molecule has 0 saturated carbocycles. The third-order valence-corrected chi connectivity index (χ3v) is 8.03. The van der Waals surface area contributed by atoms with Gasteiger partial charge in [-0.15, -0.1) is 0 Å². The van der Waals surface area contributed by atoms with Crippen LogP contribution in [-0.2, 0) is 14.8 Å². The quantitative estimate of drug-likeness (QED) is 0.453. The minimum atomic E-state index is -4.41. The SMILES string of the molecule is [C-]#[N+]c1cnc2c(ccn2S(=O)(=O)c2ccccc2)c1N[C@H]1CN(C(=O)CCC(F)(F)F)C[C@H]1CC. The second kappa shape index (κ2) is 9.81. The number of nitrogens with one attached hydrogen (secondary N) is 1. The summed E-state index contributed by atoms with van der Waals surface area (Å²) < 4.78 is 65.1. The Bertz CT molecular complexity index is 1410. The van der Waals surface area contributed by atoms with E-state index in [1.54, 1.807) is 24.3 Å². The van der Waals surface area contributed by atoms with Crippen molar-refractivity contribution in [2.75, 3.05) is 18.4 Å². The smallest absolute Gasteiger partial charge is 0.388 e. The van der Waals surface area contributed by atoms with Crippen molar-refractivity contribution in [3.05, 3.63) is 60.2 Å². The van der Waals surface area contributed by atoms with Crippen LogP contribution in [0.2, 0.25) is 0 Å². The first kappa shape index (κ1) is 25.5. The van der Waals surface area contributed by atoms with Crippen molar-refractivity contribution in [1.29, 1.82) is 0 Å². The summed E-state index contributed by atoms with van der Waals surface area (Å²) in [7, 11) is -3.94. The minimum Gasteiger partial charge on any atom is -0.388 e. The van der Waals surface area contributed by atoms with Crippen LogP contribution < -0.4 is 5.32 Å². The van der Waals surface area contributed by atoms with E-state index in [0.29, 0.717) is 24.0 Å². The summed E-state index contributed by atoms with van der Waals surface area (Å²) in [5.74, 6) is -0.628. The van der Waals surface area contributed by atoms with Crippen LogP contribution in [0.25, 0.3) is 15.9 Å². The molecule has 3 heterocycles. The zero-order valence-electron chi connectivity index (χ0n) is 19.4. The number of rotatable bonds is 7. The number of likely N-dealkylation sites (tertiary alicyclic amines) is 1. The number of alkyl halides is 3. The van der Waals surface area contributed by atoms with Crippen LogP contribution in [0.15, 0.2) is 53.7 Å². The van der Waals surface area contributed by atoms with Crippen molar-refractivity contribution < 1.29 is 26.4 Å². The van der Waals surface area contributed by atoms with E-state index in [2.05, 4.69) is 15.1 Å². The molecule has 0 aliphatic carbocycles. The van der Waals surface area contributed by atoms with Crippen LogP contribution in [0.1, 0.15) is 26.2 Å². The van der Waals surface area contributed by atoms with Gasteiger partial charge < -0.3 is 10.2 Å². The average Bonchev–Trinajstić information content (AvgIpc) is 3.47. The largest absolute Gasteiger partial charge is 0.389 e. The normalized spacial score (nSPS) is 18.4. The van der Waals surface area contributed by atoms with Crippen LogP contribution in [0.4, 0.5) is 24.5 Å². The fourth-order valence-corrected chi connectivity index (χ4v) is 5.76. The van der Waals surface area contributed by atoms with Gasteiger partial charge in [0.2, 0.25) is 11.6 Å². The van der Waals surface area contributed by atoms with E-state index < -0.39 is 34.9 Å². The number of halogens is 3. The second-order valence-electron chi connectivity index (χ2n) is 8.63. The van der Waals surface area contributed by atoms with Gasteiger partial charge in [0.25, 0.3) is 10.0 Å². The van der Waals surface area contributed by atoms with Gasteiger partial charge >= 0.3 is 6.18 Å². The van der Waals surface area contributed by atoms with E-state index in [9.17, 15) is 26.4 Å². The molecule has 0 spiro atoms. The van der Waals surface area contributed by atoms with E-state index in [4.69, 9.17) is 6.57 Å². The molecule has 1 aliphatic heterocycles. The van der Waals surface area contributed by atoms with Crippen LogP contribution >= 0.6 is 0 Å². The molecule has 8 nitrogen and oxygen atoms in total. The van der Waals surface area contributed by atoms with Gasteiger partial charge in [-0.2, -0.15) is 13.2 Å². The molecule has 1 aromatic carbocycles. The Balaban J connectivity index is 1.65. The first-order valence-corrected chi connectivity index (χ1v) is 12.8. The van der Waals surface area contributed by atoms with Gasteiger partial charge in [0.1, 0.15) is 0 Å². The zero-order valence-corrected chi connectivity index (χ0v) is 20.2. The predicted octanol–water partition coefficient (Wildman–Crippen LogP) is 4.82. The molecule has 36 heavy (non-hydrogen) atoms. The number of hydrogen-bond acceptors (Lipinski definition) is 5. The lowest BCUT2D eigenvalue weighted by Gasteiger charge is -2.21. The van der Waals surface area contributed by atoms with Crippen LogP contribution in [-0.4, -0.2) is 53.5 Å². The maximum Gasteiger partial charge on any atom is 0.389 e. The number of pyridine rings is 1. The molecule has 0 bridgehead atoms. The molecule has 12 heteroatoms. The second-order valence-corrected chi connectivity index (χ2v) is 10.4. The van der Waals surface area contributed by atoms with Crippen LogP contribution in [0.5, 0.6) is 0 Å². The molecule has 190 valence electrons. The van der Waals surface area contributed by atoms with Gasteiger partial charge in [0.15, 0.2) is 5.65 Å². The first-order chi connectivity index (χ1) is 17.0. The zero-order chi connectivity index (χ0) is 26.1. The lowest BCUT2D eigenvalue weighted by molar-refractivity contribution is -0.148. The van der Waals surface area contributed by atoms with Crippen LogP contribution in [0.3, 0.4) is 0 Å². The molecule has 3 aromatic rings. The van der Waals surface area contributed by atoms with E-state index in [0.717, 1.165) is 3.97 Å².